The molecule has 0 spiro atoms. The number of halogens is 1. The van der Waals surface area contributed by atoms with Crippen molar-refractivity contribution in [3.05, 3.63) is 32.8 Å². The highest BCUT2D eigenvalue weighted by Gasteiger charge is 2.16. The summed E-state index contributed by atoms with van der Waals surface area (Å²) < 4.78 is 0.673. The first-order chi connectivity index (χ1) is 7.95. The first-order valence-corrected chi connectivity index (χ1v) is 6.74. The topological polar surface area (TPSA) is 74.8 Å². The summed E-state index contributed by atoms with van der Waals surface area (Å²) in [5.74, 6) is -0.281. The highest BCUT2D eigenvalue weighted by atomic mass is 79.9. The highest BCUT2D eigenvalue weighted by Crippen LogP contribution is 2.17. The summed E-state index contributed by atoms with van der Waals surface area (Å²) in [5, 5.41) is 3.09. The Kier molecular flexibility index (Phi) is 4.95. The highest BCUT2D eigenvalue weighted by molar-refractivity contribution is 9.11. The van der Waals surface area contributed by atoms with E-state index in [1.807, 2.05) is 0 Å². The molecule has 1 amide bonds. The number of aryl methyl sites for hydroxylation is 1. The van der Waals surface area contributed by atoms with E-state index in [1.54, 1.807) is 13.2 Å². The quantitative estimate of drug-likeness (QED) is 0.651. The van der Waals surface area contributed by atoms with E-state index in [4.69, 9.17) is 0 Å². The standard InChI is InChI=1S/C10H12BrN3O2S/c1-5(11)4-12-8(15)7-6(2)13-10(16)14-9(7)17-3/h1,4H2,2-3H3,(H,12,15)(H,13,14,16). The average molecular weight is 318 g/mol. The number of amides is 1. The predicted octanol–water partition coefficient (Wildman–Crippen LogP) is 1.44. The molecule has 0 aromatic carbocycles. The van der Waals surface area contributed by atoms with Gasteiger partial charge in [-0.15, -0.1) is 11.8 Å². The van der Waals surface area contributed by atoms with Crippen LogP contribution in [0.4, 0.5) is 0 Å². The summed E-state index contributed by atoms with van der Waals surface area (Å²) in [7, 11) is 0. The molecule has 1 aromatic heterocycles. The number of nitrogens with one attached hydrogen (secondary N) is 2. The zero-order chi connectivity index (χ0) is 13.0. The Labute approximate surface area is 111 Å². The van der Waals surface area contributed by atoms with Crippen LogP contribution in [-0.4, -0.2) is 28.7 Å². The molecular formula is C10H12BrN3O2S. The average Bonchev–Trinajstić information content (AvgIpc) is 2.24. The Balaban J connectivity index is 3.08. The van der Waals surface area contributed by atoms with Crippen molar-refractivity contribution in [2.24, 2.45) is 0 Å². The number of aromatic amines is 1. The van der Waals surface area contributed by atoms with Crippen LogP contribution in [0.1, 0.15) is 16.1 Å². The number of rotatable bonds is 4. The van der Waals surface area contributed by atoms with Gasteiger partial charge in [-0.1, -0.05) is 22.5 Å². The fourth-order valence-corrected chi connectivity index (χ4v) is 2.00. The molecule has 1 aromatic rings. The molecule has 17 heavy (non-hydrogen) atoms. The number of hydrogen-bond donors (Lipinski definition) is 2. The third-order valence-corrected chi connectivity index (χ3v) is 2.91. The van der Waals surface area contributed by atoms with E-state index < -0.39 is 5.69 Å². The Morgan fingerprint density at radius 2 is 2.29 bits per heavy atom. The maximum absolute atomic E-state index is 11.9. The second kappa shape index (κ2) is 6.02. The van der Waals surface area contributed by atoms with Gasteiger partial charge in [-0.2, -0.15) is 4.98 Å². The number of H-pyrrole nitrogens is 1. The fraction of sp³-hybridized carbons (Fsp3) is 0.300. The van der Waals surface area contributed by atoms with Crippen molar-refractivity contribution in [1.29, 1.82) is 0 Å². The molecule has 5 nitrogen and oxygen atoms in total. The first-order valence-electron chi connectivity index (χ1n) is 4.72. The van der Waals surface area contributed by atoms with Crippen molar-refractivity contribution in [1.82, 2.24) is 15.3 Å². The summed E-state index contributed by atoms with van der Waals surface area (Å²) >= 11 is 4.41. The van der Waals surface area contributed by atoms with Gasteiger partial charge in [0.2, 0.25) is 0 Å². The summed E-state index contributed by atoms with van der Waals surface area (Å²) in [4.78, 5) is 29.4. The molecule has 0 saturated heterocycles. The van der Waals surface area contributed by atoms with Gasteiger partial charge in [0, 0.05) is 16.7 Å². The Morgan fingerprint density at radius 3 is 2.82 bits per heavy atom. The maximum Gasteiger partial charge on any atom is 0.346 e. The van der Waals surface area contributed by atoms with Crippen LogP contribution in [0.25, 0.3) is 0 Å². The van der Waals surface area contributed by atoms with Crippen LogP contribution in [0.2, 0.25) is 0 Å². The Hall–Kier alpha value is -1.08. The second-order valence-corrected chi connectivity index (χ2v) is 5.17. The predicted molar refractivity (Wildman–Crippen MR) is 71.8 cm³/mol. The SMILES string of the molecule is C=C(Br)CNC(=O)c1c(SC)nc(=O)[nH]c1C. The van der Waals surface area contributed by atoms with Crippen molar-refractivity contribution in [3.8, 4) is 0 Å². The van der Waals surface area contributed by atoms with Gasteiger partial charge in [0.25, 0.3) is 5.91 Å². The summed E-state index contributed by atoms with van der Waals surface area (Å²) in [6, 6.07) is 0. The lowest BCUT2D eigenvalue weighted by Gasteiger charge is -2.09. The van der Waals surface area contributed by atoms with E-state index in [0.29, 0.717) is 27.3 Å². The number of aromatic nitrogens is 2. The number of carbonyl (C=O) groups excluding carboxylic acids is 1. The van der Waals surface area contributed by atoms with E-state index in [-0.39, 0.29) is 5.91 Å². The van der Waals surface area contributed by atoms with Crippen LogP contribution in [0.3, 0.4) is 0 Å². The summed E-state index contributed by atoms with van der Waals surface area (Å²) in [6.07, 6.45) is 1.77. The fourth-order valence-electron chi connectivity index (χ4n) is 1.24. The van der Waals surface area contributed by atoms with E-state index in [9.17, 15) is 9.59 Å². The minimum Gasteiger partial charge on any atom is -0.347 e. The number of hydrogen-bond acceptors (Lipinski definition) is 4. The molecule has 1 rings (SSSR count). The number of nitrogens with zero attached hydrogens (tertiary/aromatic N) is 1. The summed E-state index contributed by atoms with van der Waals surface area (Å²) in [5.41, 5.74) is 0.450. The van der Waals surface area contributed by atoms with E-state index in [1.165, 1.54) is 11.8 Å². The van der Waals surface area contributed by atoms with Crippen molar-refractivity contribution in [2.75, 3.05) is 12.8 Å². The molecule has 2 N–H and O–H groups in total. The lowest BCUT2D eigenvalue weighted by molar-refractivity contribution is 0.0953. The van der Waals surface area contributed by atoms with Gasteiger partial charge in [0.1, 0.15) is 5.03 Å². The molecule has 7 heteroatoms. The van der Waals surface area contributed by atoms with E-state index >= 15 is 0 Å². The minimum absolute atomic E-state index is 0.281. The molecule has 0 saturated carbocycles. The van der Waals surface area contributed by atoms with Crippen LogP contribution in [0, 0.1) is 6.92 Å². The lowest BCUT2D eigenvalue weighted by atomic mass is 10.2. The maximum atomic E-state index is 11.9. The molecule has 92 valence electrons. The van der Waals surface area contributed by atoms with Gasteiger partial charge in [-0.05, 0) is 13.2 Å². The van der Waals surface area contributed by atoms with E-state index in [2.05, 4.69) is 37.8 Å². The molecule has 0 aliphatic heterocycles. The second-order valence-electron chi connectivity index (χ2n) is 3.25. The summed E-state index contributed by atoms with van der Waals surface area (Å²) in [6.45, 7) is 5.62. The van der Waals surface area contributed by atoms with E-state index in [0.717, 1.165) is 0 Å². The number of carbonyl (C=O) groups is 1. The first kappa shape index (κ1) is 14.0. The normalized spacial score (nSPS) is 10.1. The largest absolute Gasteiger partial charge is 0.347 e. The molecule has 0 unspecified atom stereocenters. The lowest BCUT2D eigenvalue weighted by Crippen LogP contribution is -2.28. The number of thioether (sulfide) groups is 1. The van der Waals surface area contributed by atoms with Crippen molar-refractivity contribution in [3.63, 3.8) is 0 Å². The minimum atomic E-state index is -0.451. The van der Waals surface area contributed by atoms with Gasteiger partial charge in [-0.25, -0.2) is 4.79 Å². The van der Waals surface area contributed by atoms with Gasteiger partial charge >= 0.3 is 5.69 Å². The molecule has 0 aliphatic carbocycles. The van der Waals surface area contributed by atoms with Gasteiger partial charge in [-0.3, -0.25) is 4.79 Å². The van der Waals surface area contributed by atoms with Crippen molar-refractivity contribution in [2.45, 2.75) is 11.9 Å². The van der Waals surface area contributed by atoms with Crippen LogP contribution < -0.4 is 11.0 Å². The molecule has 0 fully saturated rings. The van der Waals surface area contributed by atoms with Crippen molar-refractivity contribution < 1.29 is 4.79 Å². The molecule has 0 aliphatic rings. The van der Waals surface area contributed by atoms with Gasteiger partial charge in [0.15, 0.2) is 0 Å². The van der Waals surface area contributed by atoms with Crippen LogP contribution in [0.5, 0.6) is 0 Å². The molecule has 0 bridgehead atoms. The monoisotopic (exact) mass is 317 g/mol. The third kappa shape index (κ3) is 3.71. The zero-order valence-corrected chi connectivity index (χ0v) is 11.9. The van der Waals surface area contributed by atoms with Crippen LogP contribution in [0.15, 0.2) is 20.9 Å². The van der Waals surface area contributed by atoms with Crippen LogP contribution in [-0.2, 0) is 0 Å². The molecule has 0 atom stereocenters. The van der Waals surface area contributed by atoms with Gasteiger partial charge < -0.3 is 10.3 Å². The Morgan fingerprint density at radius 1 is 1.65 bits per heavy atom. The van der Waals surface area contributed by atoms with Crippen LogP contribution >= 0.6 is 27.7 Å². The third-order valence-electron chi connectivity index (χ3n) is 1.95. The molecule has 0 radical (unpaired) electrons. The Bertz CT molecular complexity index is 513. The van der Waals surface area contributed by atoms with Crippen molar-refractivity contribution >= 4 is 33.6 Å². The van der Waals surface area contributed by atoms with Gasteiger partial charge in [0.05, 0.1) is 5.56 Å². The molecular weight excluding hydrogens is 306 g/mol. The smallest absolute Gasteiger partial charge is 0.346 e. The molecule has 1 heterocycles. The zero-order valence-electron chi connectivity index (χ0n) is 9.46.